The molecule has 0 unspecified atom stereocenters. The SMILES string of the molecule is CCC(CC)N(CC(C)C)C(=O)OC(C)(C)C. The van der Waals surface area contributed by atoms with Crippen molar-refractivity contribution >= 4 is 6.09 Å². The summed E-state index contributed by atoms with van der Waals surface area (Å²) in [7, 11) is 0. The highest BCUT2D eigenvalue weighted by Crippen LogP contribution is 2.16. The maximum Gasteiger partial charge on any atom is 0.410 e. The van der Waals surface area contributed by atoms with Crippen molar-refractivity contribution in [1.29, 1.82) is 0 Å². The lowest BCUT2D eigenvalue weighted by Crippen LogP contribution is -2.44. The van der Waals surface area contributed by atoms with Gasteiger partial charge in [0, 0.05) is 12.6 Å². The Kier molecular flexibility index (Phi) is 6.58. The molecule has 3 heteroatoms. The highest BCUT2D eigenvalue weighted by atomic mass is 16.6. The monoisotopic (exact) mass is 243 g/mol. The third-order valence-corrected chi connectivity index (χ3v) is 2.57. The predicted molar refractivity (Wildman–Crippen MR) is 72.1 cm³/mol. The molecule has 0 aromatic carbocycles. The Bertz CT molecular complexity index is 227. The minimum Gasteiger partial charge on any atom is -0.444 e. The molecule has 0 atom stereocenters. The molecule has 0 rings (SSSR count). The smallest absolute Gasteiger partial charge is 0.410 e. The van der Waals surface area contributed by atoms with Crippen molar-refractivity contribution in [1.82, 2.24) is 4.90 Å². The van der Waals surface area contributed by atoms with Gasteiger partial charge in [-0.05, 0) is 39.5 Å². The zero-order valence-corrected chi connectivity index (χ0v) is 12.5. The average molecular weight is 243 g/mol. The van der Waals surface area contributed by atoms with E-state index in [0.29, 0.717) is 5.92 Å². The van der Waals surface area contributed by atoms with E-state index in [1.807, 2.05) is 25.7 Å². The van der Waals surface area contributed by atoms with Crippen molar-refractivity contribution < 1.29 is 9.53 Å². The zero-order chi connectivity index (χ0) is 13.6. The Balaban J connectivity index is 4.72. The molecule has 0 fully saturated rings. The molecule has 1 amide bonds. The van der Waals surface area contributed by atoms with E-state index in [-0.39, 0.29) is 12.1 Å². The summed E-state index contributed by atoms with van der Waals surface area (Å²) >= 11 is 0. The highest BCUT2D eigenvalue weighted by molar-refractivity contribution is 5.68. The first-order chi connectivity index (χ1) is 7.71. The van der Waals surface area contributed by atoms with Crippen LogP contribution in [0.3, 0.4) is 0 Å². The quantitative estimate of drug-likeness (QED) is 0.728. The zero-order valence-electron chi connectivity index (χ0n) is 12.5. The Morgan fingerprint density at radius 2 is 1.65 bits per heavy atom. The summed E-state index contributed by atoms with van der Waals surface area (Å²) < 4.78 is 5.47. The molecule has 17 heavy (non-hydrogen) atoms. The number of carbonyl (C=O) groups excluding carboxylic acids is 1. The minimum atomic E-state index is -0.418. The molecule has 102 valence electrons. The van der Waals surface area contributed by atoms with E-state index in [1.54, 1.807) is 0 Å². The second kappa shape index (κ2) is 6.87. The number of hydrogen-bond acceptors (Lipinski definition) is 2. The van der Waals surface area contributed by atoms with Gasteiger partial charge in [0.05, 0.1) is 0 Å². The van der Waals surface area contributed by atoms with Gasteiger partial charge in [0.2, 0.25) is 0 Å². The van der Waals surface area contributed by atoms with Gasteiger partial charge in [-0.1, -0.05) is 27.7 Å². The van der Waals surface area contributed by atoms with Gasteiger partial charge in [0.1, 0.15) is 5.60 Å². The van der Waals surface area contributed by atoms with Crippen molar-refractivity contribution in [3.63, 3.8) is 0 Å². The standard InChI is InChI=1S/C14H29NO2/c1-8-12(9-2)15(10-11(3)4)13(16)17-14(5,6)7/h11-12H,8-10H2,1-7H3. The third kappa shape index (κ3) is 6.54. The van der Waals surface area contributed by atoms with Gasteiger partial charge in [-0.25, -0.2) is 4.79 Å². The molecule has 0 heterocycles. The summed E-state index contributed by atoms with van der Waals surface area (Å²) in [5.74, 6) is 0.461. The van der Waals surface area contributed by atoms with Crippen LogP contribution in [0.2, 0.25) is 0 Å². The largest absolute Gasteiger partial charge is 0.444 e. The molecule has 0 radical (unpaired) electrons. The van der Waals surface area contributed by atoms with Crippen LogP contribution in [-0.2, 0) is 4.74 Å². The van der Waals surface area contributed by atoms with Crippen LogP contribution in [0.4, 0.5) is 4.79 Å². The summed E-state index contributed by atoms with van der Waals surface area (Å²) in [5.41, 5.74) is -0.418. The van der Waals surface area contributed by atoms with Gasteiger partial charge < -0.3 is 9.64 Å². The van der Waals surface area contributed by atoms with Crippen LogP contribution in [-0.4, -0.2) is 29.2 Å². The van der Waals surface area contributed by atoms with E-state index >= 15 is 0 Å². The van der Waals surface area contributed by atoms with Crippen LogP contribution >= 0.6 is 0 Å². The fourth-order valence-electron chi connectivity index (χ4n) is 1.82. The molecule has 0 aliphatic carbocycles. The Morgan fingerprint density at radius 3 is 1.94 bits per heavy atom. The summed E-state index contributed by atoms with van der Waals surface area (Å²) in [4.78, 5) is 14.0. The molecule has 0 aromatic rings. The molecule has 0 bridgehead atoms. The normalized spacial score (nSPS) is 12.1. The molecule has 0 saturated heterocycles. The van der Waals surface area contributed by atoms with Crippen molar-refractivity contribution in [3.8, 4) is 0 Å². The van der Waals surface area contributed by atoms with E-state index < -0.39 is 5.60 Å². The van der Waals surface area contributed by atoms with Crippen LogP contribution in [0.1, 0.15) is 61.3 Å². The number of nitrogens with zero attached hydrogens (tertiary/aromatic N) is 1. The predicted octanol–water partition coefficient (Wildman–Crippen LogP) is 4.07. The Hall–Kier alpha value is -0.730. The van der Waals surface area contributed by atoms with Crippen LogP contribution in [0.25, 0.3) is 0 Å². The lowest BCUT2D eigenvalue weighted by Gasteiger charge is -2.33. The van der Waals surface area contributed by atoms with Gasteiger partial charge in [-0.2, -0.15) is 0 Å². The number of hydrogen-bond donors (Lipinski definition) is 0. The number of rotatable bonds is 5. The fourth-order valence-corrected chi connectivity index (χ4v) is 1.82. The maximum atomic E-state index is 12.2. The van der Waals surface area contributed by atoms with Crippen LogP contribution < -0.4 is 0 Å². The molecular weight excluding hydrogens is 214 g/mol. The summed E-state index contributed by atoms with van der Waals surface area (Å²) in [6, 6.07) is 0.284. The second-order valence-corrected chi connectivity index (χ2v) is 6.00. The average Bonchev–Trinajstić information content (AvgIpc) is 2.14. The van der Waals surface area contributed by atoms with Crippen LogP contribution in [0, 0.1) is 5.92 Å². The van der Waals surface area contributed by atoms with E-state index in [1.165, 1.54) is 0 Å². The number of ether oxygens (including phenoxy) is 1. The second-order valence-electron chi connectivity index (χ2n) is 6.00. The number of carbonyl (C=O) groups is 1. The van der Waals surface area contributed by atoms with Crippen LogP contribution in [0.5, 0.6) is 0 Å². The molecule has 3 nitrogen and oxygen atoms in total. The molecular formula is C14H29NO2. The third-order valence-electron chi connectivity index (χ3n) is 2.57. The number of amides is 1. The van der Waals surface area contributed by atoms with Crippen LogP contribution in [0.15, 0.2) is 0 Å². The van der Waals surface area contributed by atoms with Crippen molar-refractivity contribution in [2.24, 2.45) is 5.92 Å². The Labute approximate surface area is 107 Å². The first kappa shape index (κ1) is 16.3. The van der Waals surface area contributed by atoms with E-state index in [0.717, 1.165) is 19.4 Å². The molecule has 0 saturated carbocycles. The molecule has 0 N–H and O–H groups in total. The van der Waals surface area contributed by atoms with E-state index in [2.05, 4.69) is 27.7 Å². The summed E-state index contributed by atoms with van der Waals surface area (Å²) in [5, 5.41) is 0. The topological polar surface area (TPSA) is 29.5 Å². The molecule has 0 aromatic heterocycles. The lowest BCUT2D eigenvalue weighted by molar-refractivity contribution is 0.0124. The first-order valence-corrected chi connectivity index (χ1v) is 6.70. The van der Waals surface area contributed by atoms with Gasteiger partial charge in [0.15, 0.2) is 0 Å². The summed E-state index contributed by atoms with van der Waals surface area (Å²) in [6.45, 7) is 15.0. The van der Waals surface area contributed by atoms with Gasteiger partial charge >= 0.3 is 6.09 Å². The van der Waals surface area contributed by atoms with Gasteiger partial charge in [-0.15, -0.1) is 0 Å². The Morgan fingerprint density at radius 1 is 1.18 bits per heavy atom. The van der Waals surface area contributed by atoms with Crippen molar-refractivity contribution in [2.45, 2.75) is 73.0 Å². The summed E-state index contributed by atoms with van der Waals surface area (Å²) in [6.07, 6.45) is 1.77. The highest BCUT2D eigenvalue weighted by Gasteiger charge is 2.26. The van der Waals surface area contributed by atoms with Crippen molar-refractivity contribution in [2.75, 3.05) is 6.54 Å². The molecule has 0 aliphatic heterocycles. The van der Waals surface area contributed by atoms with Gasteiger partial charge in [-0.3, -0.25) is 0 Å². The van der Waals surface area contributed by atoms with E-state index in [4.69, 9.17) is 4.74 Å². The van der Waals surface area contributed by atoms with Gasteiger partial charge in [0.25, 0.3) is 0 Å². The minimum absolute atomic E-state index is 0.181. The van der Waals surface area contributed by atoms with Crippen molar-refractivity contribution in [3.05, 3.63) is 0 Å². The first-order valence-electron chi connectivity index (χ1n) is 6.70. The molecule has 0 aliphatic rings. The lowest BCUT2D eigenvalue weighted by atomic mass is 10.1. The maximum absolute atomic E-state index is 12.2. The fraction of sp³-hybridized carbons (Fsp3) is 0.929. The molecule has 0 spiro atoms. The van der Waals surface area contributed by atoms with E-state index in [9.17, 15) is 4.79 Å².